The number of Topliss-reactive ketones (excluding diaryl/α,β-unsaturated/α-hetero) is 1. The third-order valence-electron chi connectivity index (χ3n) is 4.00. The van der Waals surface area contributed by atoms with Crippen LogP contribution in [0.1, 0.15) is 22.8 Å². The van der Waals surface area contributed by atoms with Crippen molar-refractivity contribution in [2.45, 2.75) is 12.5 Å². The number of nitro groups is 1. The molecule has 1 aliphatic heterocycles. The molecule has 0 aliphatic carbocycles. The Bertz CT molecular complexity index is 892. The third kappa shape index (κ3) is 3.04. The number of esters is 1. The van der Waals surface area contributed by atoms with Crippen LogP contribution >= 0.6 is 0 Å². The number of rotatable bonds is 5. The normalized spacial score (nSPS) is 18.6. The van der Waals surface area contributed by atoms with Gasteiger partial charge >= 0.3 is 5.97 Å². The topological polar surface area (TPSA) is 108 Å². The number of hydrogen-bond acceptors (Lipinski definition) is 7. The molecule has 1 atom stereocenters. The predicted octanol–water partition coefficient (Wildman–Crippen LogP) is 2.51. The summed E-state index contributed by atoms with van der Waals surface area (Å²) in [7, 11) is 0. The minimum atomic E-state index is -1.67. The summed E-state index contributed by atoms with van der Waals surface area (Å²) in [6, 6.07) is 13.7. The lowest BCUT2D eigenvalue weighted by Gasteiger charge is -2.25. The molecule has 1 heterocycles. The standard InChI is InChI=1S/C18H14N2O6/c1-12(21)18(11-25-19-16(18)13-5-3-2-4-6-13)26-17(22)14-7-9-15(10-8-14)20(23)24/h2-10H,11H2,1H3. The summed E-state index contributed by atoms with van der Waals surface area (Å²) in [5, 5.41) is 14.6. The van der Waals surface area contributed by atoms with Gasteiger partial charge in [0.2, 0.25) is 0 Å². The molecule has 0 saturated carbocycles. The molecular formula is C18H14N2O6. The molecule has 26 heavy (non-hydrogen) atoms. The summed E-state index contributed by atoms with van der Waals surface area (Å²) in [4.78, 5) is 40.1. The van der Waals surface area contributed by atoms with E-state index in [0.29, 0.717) is 5.56 Å². The van der Waals surface area contributed by atoms with E-state index in [9.17, 15) is 19.7 Å². The van der Waals surface area contributed by atoms with Crippen LogP contribution in [0.5, 0.6) is 0 Å². The van der Waals surface area contributed by atoms with E-state index in [1.807, 2.05) is 0 Å². The van der Waals surface area contributed by atoms with Gasteiger partial charge in [-0.1, -0.05) is 35.5 Å². The Morgan fingerprint density at radius 2 is 1.81 bits per heavy atom. The van der Waals surface area contributed by atoms with Gasteiger partial charge in [-0.25, -0.2) is 4.79 Å². The monoisotopic (exact) mass is 354 g/mol. The van der Waals surface area contributed by atoms with Crippen LogP contribution < -0.4 is 0 Å². The summed E-state index contributed by atoms with van der Waals surface area (Å²) in [5.74, 6) is -1.24. The van der Waals surface area contributed by atoms with Crippen LogP contribution in [0, 0.1) is 10.1 Å². The van der Waals surface area contributed by atoms with Gasteiger partial charge in [0, 0.05) is 17.7 Å². The molecule has 8 nitrogen and oxygen atoms in total. The molecule has 0 spiro atoms. The fourth-order valence-electron chi connectivity index (χ4n) is 2.57. The number of nitrogens with zero attached hydrogens (tertiary/aromatic N) is 2. The summed E-state index contributed by atoms with van der Waals surface area (Å²) in [6.07, 6.45) is 0. The first-order valence-corrected chi connectivity index (χ1v) is 7.69. The lowest BCUT2D eigenvalue weighted by molar-refractivity contribution is -0.384. The number of nitro benzene ring substituents is 1. The summed E-state index contributed by atoms with van der Waals surface area (Å²) in [6.45, 7) is 1.06. The number of ketones is 1. The zero-order valence-corrected chi connectivity index (χ0v) is 13.7. The van der Waals surface area contributed by atoms with E-state index >= 15 is 0 Å². The maximum Gasteiger partial charge on any atom is 0.339 e. The molecule has 2 aromatic rings. The molecule has 0 radical (unpaired) electrons. The molecule has 0 bridgehead atoms. The van der Waals surface area contributed by atoms with Crippen molar-refractivity contribution in [2.24, 2.45) is 5.16 Å². The lowest BCUT2D eigenvalue weighted by atomic mass is 9.89. The van der Waals surface area contributed by atoms with Gasteiger partial charge in [-0.15, -0.1) is 0 Å². The van der Waals surface area contributed by atoms with Gasteiger partial charge in [-0.3, -0.25) is 14.9 Å². The second kappa shape index (κ2) is 6.75. The van der Waals surface area contributed by atoms with Crippen LogP contribution in [-0.4, -0.2) is 34.6 Å². The molecule has 0 fully saturated rings. The molecule has 1 unspecified atom stereocenters. The highest BCUT2D eigenvalue weighted by molar-refractivity contribution is 6.21. The first kappa shape index (κ1) is 17.3. The van der Waals surface area contributed by atoms with Crippen LogP contribution in [0.15, 0.2) is 59.8 Å². The average molecular weight is 354 g/mol. The number of oxime groups is 1. The first-order valence-electron chi connectivity index (χ1n) is 7.69. The summed E-state index contributed by atoms with van der Waals surface area (Å²) in [5.41, 5.74) is -0.938. The molecule has 0 saturated heterocycles. The van der Waals surface area contributed by atoms with Crippen molar-refractivity contribution in [1.82, 2.24) is 0 Å². The van der Waals surface area contributed by atoms with E-state index in [1.54, 1.807) is 30.3 Å². The Labute approximate surface area is 148 Å². The van der Waals surface area contributed by atoms with Crippen LogP contribution in [0.3, 0.4) is 0 Å². The van der Waals surface area contributed by atoms with Gasteiger partial charge < -0.3 is 9.57 Å². The largest absolute Gasteiger partial charge is 0.437 e. The van der Waals surface area contributed by atoms with Gasteiger partial charge in [0.25, 0.3) is 11.3 Å². The maximum atomic E-state index is 12.5. The smallest absolute Gasteiger partial charge is 0.339 e. The second-order valence-corrected chi connectivity index (χ2v) is 5.66. The Hall–Kier alpha value is -3.55. The Kier molecular flexibility index (Phi) is 4.49. The molecule has 0 N–H and O–H groups in total. The average Bonchev–Trinajstić information content (AvgIpc) is 3.07. The number of ether oxygens (including phenoxy) is 1. The van der Waals surface area contributed by atoms with E-state index < -0.39 is 22.3 Å². The highest BCUT2D eigenvalue weighted by Crippen LogP contribution is 2.28. The van der Waals surface area contributed by atoms with Crippen LogP contribution in [0.2, 0.25) is 0 Å². The highest BCUT2D eigenvalue weighted by atomic mass is 16.7. The van der Waals surface area contributed by atoms with Crippen molar-refractivity contribution in [1.29, 1.82) is 0 Å². The van der Waals surface area contributed by atoms with Crippen molar-refractivity contribution in [3.63, 3.8) is 0 Å². The molecule has 3 rings (SSSR count). The van der Waals surface area contributed by atoms with Gasteiger partial charge in [-0.2, -0.15) is 0 Å². The second-order valence-electron chi connectivity index (χ2n) is 5.66. The van der Waals surface area contributed by atoms with E-state index in [0.717, 1.165) is 0 Å². The minimum absolute atomic E-state index is 0.0792. The Morgan fingerprint density at radius 1 is 1.15 bits per heavy atom. The third-order valence-corrected chi connectivity index (χ3v) is 4.00. The van der Waals surface area contributed by atoms with Gasteiger partial charge in [0.1, 0.15) is 5.71 Å². The van der Waals surface area contributed by atoms with Crippen molar-refractivity contribution in [3.05, 3.63) is 75.8 Å². The van der Waals surface area contributed by atoms with Crippen molar-refractivity contribution in [3.8, 4) is 0 Å². The lowest BCUT2D eigenvalue weighted by Crippen LogP contribution is -2.50. The minimum Gasteiger partial charge on any atom is -0.437 e. The molecule has 132 valence electrons. The number of carbonyl (C=O) groups is 2. The molecular weight excluding hydrogens is 340 g/mol. The number of hydrogen-bond donors (Lipinski definition) is 0. The van der Waals surface area contributed by atoms with E-state index in [2.05, 4.69) is 5.16 Å². The highest BCUT2D eigenvalue weighted by Gasteiger charge is 2.50. The van der Waals surface area contributed by atoms with E-state index in [-0.39, 0.29) is 23.6 Å². The molecule has 1 aliphatic rings. The van der Waals surface area contributed by atoms with Gasteiger partial charge in [-0.05, 0) is 19.1 Å². The van der Waals surface area contributed by atoms with Crippen molar-refractivity contribution >= 4 is 23.2 Å². The Balaban J connectivity index is 1.91. The van der Waals surface area contributed by atoms with Crippen molar-refractivity contribution in [2.75, 3.05) is 6.61 Å². The molecule has 0 amide bonds. The summed E-state index contributed by atoms with van der Waals surface area (Å²) < 4.78 is 5.50. The fraction of sp³-hybridized carbons (Fsp3) is 0.167. The first-order chi connectivity index (χ1) is 12.4. The van der Waals surface area contributed by atoms with Gasteiger partial charge in [0.15, 0.2) is 12.4 Å². The molecule has 0 aromatic heterocycles. The zero-order chi connectivity index (χ0) is 18.7. The molecule has 2 aromatic carbocycles. The maximum absolute atomic E-state index is 12.5. The van der Waals surface area contributed by atoms with Crippen LogP contribution in [-0.2, 0) is 14.4 Å². The number of carbonyl (C=O) groups excluding carboxylic acids is 2. The predicted molar refractivity (Wildman–Crippen MR) is 90.9 cm³/mol. The van der Waals surface area contributed by atoms with Crippen LogP contribution in [0.25, 0.3) is 0 Å². The SMILES string of the molecule is CC(=O)C1(OC(=O)c2ccc([N+](=O)[O-])cc2)CON=C1c1ccccc1. The zero-order valence-electron chi connectivity index (χ0n) is 13.7. The molecule has 8 heteroatoms. The quantitative estimate of drug-likeness (QED) is 0.464. The summed E-state index contributed by atoms with van der Waals surface area (Å²) >= 11 is 0. The van der Waals surface area contributed by atoms with E-state index in [1.165, 1.54) is 31.2 Å². The van der Waals surface area contributed by atoms with E-state index in [4.69, 9.17) is 9.57 Å². The van der Waals surface area contributed by atoms with Gasteiger partial charge in [0.05, 0.1) is 10.5 Å². The van der Waals surface area contributed by atoms with Crippen LogP contribution in [0.4, 0.5) is 5.69 Å². The Morgan fingerprint density at radius 3 is 2.38 bits per heavy atom. The number of non-ortho nitro benzene ring substituents is 1. The van der Waals surface area contributed by atoms with Crippen molar-refractivity contribution < 1.29 is 24.1 Å². The fourth-order valence-corrected chi connectivity index (χ4v) is 2.57. The number of benzene rings is 2.